The molecule has 0 bridgehead atoms. The first kappa shape index (κ1) is 14.6. The number of hydrogen-bond donors (Lipinski definition) is 1. The van der Waals surface area contributed by atoms with Crippen molar-refractivity contribution in [2.24, 2.45) is 0 Å². The fourth-order valence-corrected chi connectivity index (χ4v) is 3.13. The van der Waals surface area contributed by atoms with E-state index in [4.69, 9.17) is 9.72 Å². The molecule has 4 rings (SSSR count). The largest absolute Gasteiger partial charge is 0.376 e. The van der Waals surface area contributed by atoms with E-state index >= 15 is 0 Å². The summed E-state index contributed by atoms with van der Waals surface area (Å²) in [6.45, 7) is 3.46. The maximum Gasteiger partial charge on any atom is 0.156 e. The SMILES string of the molecule is Cc1nc([C@@H]2CCO[C@@H]2CN(C)c2ccnc(C3CC3)n2)n[nH]1. The molecule has 1 saturated heterocycles. The number of hydrogen-bond acceptors (Lipinski definition) is 6. The molecule has 0 spiro atoms. The van der Waals surface area contributed by atoms with E-state index in [2.05, 4.69) is 32.1 Å². The first-order chi connectivity index (χ1) is 11.2. The number of anilines is 1. The molecule has 2 aliphatic rings. The summed E-state index contributed by atoms with van der Waals surface area (Å²) < 4.78 is 5.93. The Labute approximate surface area is 135 Å². The van der Waals surface area contributed by atoms with Crippen LogP contribution in [0.4, 0.5) is 5.82 Å². The molecule has 23 heavy (non-hydrogen) atoms. The summed E-state index contributed by atoms with van der Waals surface area (Å²) in [5, 5.41) is 7.24. The first-order valence-electron chi connectivity index (χ1n) is 8.25. The molecule has 0 unspecified atom stereocenters. The molecule has 7 nitrogen and oxygen atoms in total. The molecule has 2 fully saturated rings. The van der Waals surface area contributed by atoms with Crippen molar-refractivity contribution in [1.82, 2.24) is 25.1 Å². The van der Waals surface area contributed by atoms with Gasteiger partial charge < -0.3 is 9.64 Å². The Hall–Kier alpha value is -2.02. The van der Waals surface area contributed by atoms with E-state index in [1.807, 2.05) is 19.2 Å². The fourth-order valence-electron chi connectivity index (χ4n) is 3.13. The van der Waals surface area contributed by atoms with Crippen LogP contribution in [0.1, 0.15) is 48.6 Å². The third kappa shape index (κ3) is 3.06. The van der Waals surface area contributed by atoms with Crippen molar-refractivity contribution >= 4 is 5.82 Å². The van der Waals surface area contributed by atoms with Crippen LogP contribution < -0.4 is 4.90 Å². The maximum atomic E-state index is 5.93. The maximum absolute atomic E-state index is 5.93. The predicted octanol–water partition coefficient (Wildman–Crippen LogP) is 1.79. The standard InChI is InChI=1S/C16H22N6O/c1-10-18-16(21-20-10)12-6-8-23-13(12)9-22(2)14-5-7-17-15(19-14)11-3-4-11/h5,7,11-13H,3-4,6,8-9H2,1-2H3,(H,18,20,21)/t12-,13-/m1/s1. The first-order valence-corrected chi connectivity index (χ1v) is 8.25. The second-order valence-electron chi connectivity index (χ2n) is 6.51. The molecule has 2 aromatic rings. The number of nitrogens with one attached hydrogen (secondary N) is 1. The summed E-state index contributed by atoms with van der Waals surface area (Å²) in [5.41, 5.74) is 0. The lowest BCUT2D eigenvalue weighted by Crippen LogP contribution is -2.33. The molecule has 1 aliphatic carbocycles. The van der Waals surface area contributed by atoms with E-state index in [9.17, 15) is 0 Å². The highest BCUT2D eigenvalue weighted by Crippen LogP contribution is 2.38. The molecule has 2 atom stereocenters. The molecule has 1 N–H and O–H groups in total. The van der Waals surface area contributed by atoms with Crippen molar-refractivity contribution in [2.45, 2.75) is 44.1 Å². The van der Waals surface area contributed by atoms with Crippen LogP contribution in [-0.4, -0.2) is 51.5 Å². The van der Waals surface area contributed by atoms with Crippen molar-refractivity contribution in [3.8, 4) is 0 Å². The van der Waals surface area contributed by atoms with Gasteiger partial charge in [0.1, 0.15) is 17.5 Å². The highest BCUT2D eigenvalue weighted by molar-refractivity contribution is 5.37. The summed E-state index contributed by atoms with van der Waals surface area (Å²) in [6, 6.07) is 1.97. The monoisotopic (exact) mass is 314 g/mol. The van der Waals surface area contributed by atoms with Crippen LogP contribution in [0.2, 0.25) is 0 Å². The van der Waals surface area contributed by atoms with Crippen LogP contribution in [0.25, 0.3) is 0 Å². The Balaban J connectivity index is 1.47. The molecule has 1 aliphatic heterocycles. The van der Waals surface area contributed by atoms with Crippen molar-refractivity contribution in [2.75, 3.05) is 25.1 Å². The minimum absolute atomic E-state index is 0.0922. The third-order valence-corrected chi connectivity index (χ3v) is 4.60. The summed E-state index contributed by atoms with van der Waals surface area (Å²) in [6.07, 6.45) is 5.34. The molecule has 7 heteroatoms. The van der Waals surface area contributed by atoms with Crippen LogP contribution in [0.15, 0.2) is 12.3 Å². The van der Waals surface area contributed by atoms with Crippen LogP contribution in [0.3, 0.4) is 0 Å². The van der Waals surface area contributed by atoms with E-state index in [1.165, 1.54) is 12.8 Å². The number of H-pyrrole nitrogens is 1. The molecule has 1 saturated carbocycles. The van der Waals surface area contributed by atoms with Crippen LogP contribution in [0.5, 0.6) is 0 Å². The summed E-state index contributed by atoms with van der Waals surface area (Å²) in [4.78, 5) is 15.7. The van der Waals surface area contributed by atoms with Crippen molar-refractivity contribution in [3.05, 3.63) is 29.7 Å². The number of aromatic amines is 1. The summed E-state index contributed by atoms with van der Waals surface area (Å²) >= 11 is 0. The van der Waals surface area contributed by atoms with Gasteiger partial charge in [-0.1, -0.05) is 0 Å². The molecule has 122 valence electrons. The van der Waals surface area contributed by atoms with Gasteiger partial charge in [-0.2, -0.15) is 5.10 Å². The van der Waals surface area contributed by atoms with Crippen LogP contribution in [-0.2, 0) is 4.74 Å². The number of ether oxygens (including phenoxy) is 1. The Morgan fingerprint density at radius 1 is 1.26 bits per heavy atom. The average molecular weight is 314 g/mol. The van der Waals surface area contributed by atoms with Crippen molar-refractivity contribution < 1.29 is 4.74 Å². The van der Waals surface area contributed by atoms with E-state index in [-0.39, 0.29) is 12.0 Å². The molecule has 3 heterocycles. The van der Waals surface area contributed by atoms with Gasteiger partial charge in [0.05, 0.1) is 12.0 Å². The quantitative estimate of drug-likeness (QED) is 0.906. The van der Waals surface area contributed by atoms with Gasteiger partial charge in [-0.05, 0) is 32.3 Å². The Morgan fingerprint density at radius 3 is 2.87 bits per heavy atom. The van der Waals surface area contributed by atoms with Gasteiger partial charge in [0.25, 0.3) is 0 Å². The molecule has 2 aromatic heterocycles. The number of nitrogens with zero attached hydrogens (tertiary/aromatic N) is 5. The number of aromatic nitrogens is 5. The van der Waals surface area contributed by atoms with Crippen LogP contribution in [0, 0.1) is 6.92 Å². The highest BCUT2D eigenvalue weighted by Gasteiger charge is 2.34. The minimum Gasteiger partial charge on any atom is -0.376 e. The zero-order valence-electron chi connectivity index (χ0n) is 13.6. The molecule has 0 radical (unpaired) electrons. The Bertz CT molecular complexity index is 683. The normalized spacial score (nSPS) is 24.1. The van der Waals surface area contributed by atoms with E-state index in [0.29, 0.717) is 5.92 Å². The lowest BCUT2D eigenvalue weighted by Gasteiger charge is -2.24. The highest BCUT2D eigenvalue weighted by atomic mass is 16.5. The zero-order chi connectivity index (χ0) is 15.8. The summed E-state index contributed by atoms with van der Waals surface area (Å²) in [5.74, 6) is 4.45. The Kier molecular flexibility index (Phi) is 3.72. The third-order valence-electron chi connectivity index (χ3n) is 4.60. The lowest BCUT2D eigenvalue weighted by atomic mass is 10.0. The second kappa shape index (κ2) is 5.88. The minimum atomic E-state index is 0.0922. The van der Waals surface area contributed by atoms with Crippen molar-refractivity contribution in [1.29, 1.82) is 0 Å². The second-order valence-corrected chi connectivity index (χ2v) is 6.51. The zero-order valence-corrected chi connectivity index (χ0v) is 13.6. The average Bonchev–Trinajstić information content (AvgIpc) is 3.18. The van der Waals surface area contributed by atoms with Gasteiger partial charge in [0, 0.05) is 32.3 Å². The van der Waals surface area contributed by atoms with Gasteiger partial charge >= 0.3 is 0 Å². The molecule has 0 aromatic carbocycles. The Morgan fingerprint density at radius 2 is 2.13 bits per heavy atom. The van der Waals surface area contributed by atoms with Gasteiger partial charge in [-0.15, -0.1) is 0 Å². The fraction of sp³-hybridized carbons (Fsp3) is 0.625. The summed E-state index contributed by atoms with van der Waals surface area (Å²) in [7, 11) is 2.06. The van der Waals surface area contributed by atoms with E-state index in [0.717, 1.165) is 42.9 Å². The van der Waals surface area contributed by atoms with Gasteiger partial charge in [0.15, 0.2) is 5.82 Å². The molecule has 0 amide bonds. The van der Waals surface area contributed by atoms with E-state index in [1.54, 1.807) is 0 Å². The predicted molar refractivity (Wildman–Crippen MR) is 85.5 cm³/mol. The smallest absolute Gasteiger partial charge is 0.156 e. The van der Waals surface area contributed by atoms with Gasteiger partial charge in [-0.25, -0.2) is 15.0 Å². The van der Waals surface area contributed by atoms with Crippen molar-refractivity contribution in [3.63, 3.8) is 0 Å². The number of likely N-dealkylation sites (N-methyl/N-ethyl adjacent to an activating group) is 1. The van der Waals surface area contributed by atoms with Crippen LogP contribution >= 0.6 is 0 Å². The lowest BCUT2D eigenvalue weighted by molar-refractivity contribution is 0.108. The molecular weight excluding hydrogens is 292 g/mol. The van der Waals surface area contributed by atoms with E-state index < -0.39 is 0 Å². The topological polar surface area (TPSA) is 79.8 Å². The number of aryl methyl sites for hydroxylation is 1. The van der Waals surface area contributed by atoms with Gasteiger partial charge in [0.2, 0.25) is 0 Å². The molecular formula is C16H22N6O. The van der Waals surface area contributed by atoms with Gasteiger partial charge in [-0.3, -0.25) is 5.10 Å². The number of rotatable bonds is 5.